The first-order valence-corrected chi connectivity index (χ1v) is 8.44. The minimum absolute atomic E-state index is 0.245. The molecule has 0 spiro atoms. The fraction of sp³-hybridized carbons (Fsp3) is 0.562. The SMILES string of the molecule is CCN1C2=CC=CSC2=C2CCOC(C)(CCNC=O)C21. The van der Waals surface area contributed by atoms with E-state index >= 15 is 0 Å². The highest BCUT2D eigenvalue weighted by Gasteiger charge is 2.49. The minimum atomic E-state index is -0.245. The number of ether oxygens (including phenoxy) is 1. The van der Waals surface area contributed by atoms with Crippen LogP contribution in [-0.4, -0.2) is 42.6 Å². The topological polar surface area (TPSA) is 41.6 Å². The van der Waals surface area contributed by atoms with Crippen molar-refractivity contribution in [2.24, 2.45) is 0 Å². The van der Waals surface area contributed by atoms with Gasteiger partial charge in [0.15, 0.2) is 0 Å². The van der Waals surface area contributed by atoms with Crippen LogP contribution in [0.2, 0.25) is 0 Å². The van der Waals surface area contributed by atoms with E-state index in [1.165, 1.54) is 16.2 Å². The predicted octanol–water partition coefficient (Wildman–Crippen LogP) is 2.40. The molecular formula is C16H22N2O2S. The summed E-state index contributed by atoms with van der Waals surface area (Å²) in [7, 11) is 0. The van der Waals surface area contributed by atoms with Crippen LogP contribution >= 0.6 is 11.8 Å². The van der Waals surface area contributed by atoms with Crippen LogP contribution < -0.4 is 5.32 Å². The normalized spacial score (nSPS) is 30.9. The van der Waals surface area contributed by atoms with Crippen LogP contribution in [-0.2, 0) is 9.53 Å². The van der Waals surface area contributed by atoms with Crippen LogP contribution in [0.25, 0.3) is 0 Å². The number of likely N-dealkylation sites (N-methyl/N-ethyl adjacent to an activating group) is 1. The van der Waals surface area contributed by atoms with Gasteiger partial charge in [0.25, 0.3) is 0 Å². The molecule has 2 atom stereocenters. The average molecular weight is 306 g/mol. The Labute approximate surface area is 130 Å². The molecule has 3 aliphatic heterocycles. The molecule has 1 saturated heterocycles. The Bertz CT molecular complexity index is 526. The molecule has 0 radical (unpaired) electrons. The maximum absolute atomic E-state index is 10.5. The standard InChI is InChI=1S/C16H22N2O2S/c1-3-18-13-5-4-10-21-14(13)12-6-9-20-16(2,15(12)18)7-8-17-11-19/h4-5,10-11,15H,3,6-9H2,1-2H3,(H,17,19). The molecule has 2 unspecified atom stereocenters. The second-order valence-corrected chi connectivity index (χ2v) is 6.69. The van der Waals surface area contributed by atoms with Gasteiger partial charge in [0.05, 0.1) is 23.9 Å². The van der Waals surface area contributed by atoms with Gasteiger partial charge < -0.3 is 15.0 Å². The number of thioether (sulfide) groups is 1. The van der Waals surface area contributed by atoms with Crippen molar-refractivity contribution in [3.63, 3.8) is 0 Å². The number of hydrogen-bond acceptors (Lipinski definition) is 4. The highest BCUT2D eigenvalue weighted by molar-refractivity contribution is 8.06. The molecule has 1 N–H and O–H groups in total. The number of nitrogens with one attached hydrogen (secondary N) is 1. The Morgan fingerprint density at radius 2 is 2.48 bits per heavy atom. The van der Waals surface area contributed by atoms with Gasteiger partial charge in [-0.25, -0.2) is 0 Å². The summed E-state index contributed by atoms with van der Waals surface area (Å²) in [5.41, 5.74) is 2.60. The Kier molecular flexibility index (Phi) is 4.13. The lowest BCUT2D eigenvalue weighted by Crippen LogP contribution is -2.54. The first-order chi connectivity index (χ1) is 10.2. The molecule has 1 amide bonds. The fourth-order valence-electron chi connectivity index (χ4n) is 3.65. The zero-order valence-electron chi connectivity index (χ0n) is 12.6. The van der Waals surface area contributed by atoms with Gasteiger partial charge in [-0.05, 0) is 43.7 Å². The van der Waals surface area contributed by atoms with E-state index in [0.717, 1.165) is 32.4 Å². The number of carbonyl (C=O) groups is 1. The third kappa shape index (κ3) is 2.42. The Hall–Kier alpha value is -1.20. The van der Waals surface area contributed by atoms with E-state index in [9.17, 15) is 4.79 Å². The summed E-state index contributed by atoms with van der Waals surface area (Å²) in [6.07, 6.45) is 6.93. The van der Waals surface area contributed by atoms with E-state index in [0.29, 0.717) is 12.6 Å². The van der Waals surface area contributed by atoms with Gasteiger partial charge >= 0.3 is 0 Å². The van der Waals surface area contributed by atoms with Crippen molar-refractivity contribution in [2.75, 3.05) is 19.7 Å². The monoisotopic (exact) mass is 306 g/mol. The highest BCUT2D eigenvalue weighted by Crippen LogP contribution is 2.50. The summed E-state index contributed by atoms with van der Waals surface area (Å²) < 4.78 is 6.18. The molecule has 0 bridgehead atoms. The molecule has 21 heavy (non-hydrogen) atoms. The van der Waals surface area contributed by atoms with Gasteiger partial charge in [-0.15, -0.1) is 0 Å². The van der Waals surface area contributed by atoms with Crippen molar-refractivity contribution in [3.05, 3.63) is 33.7 Å². The first-order valence-electron chi connectivity index (χ1n) is 7.56. The third-order valence-corrected chi connectivity index (χ3v) is 5.57. The molecule has 114 valence electrons. The average Bonchev–Trinajstić information content (AvgIpc) is 2.83. The highest BCUT2D eigenvalue weighted by atomic mass is 32.2. The maximum Gasteiger partial charge on any atom is 0.207 e. The van der Waals surface area contributed by atoms with E-state index in [1.54, 1.807) is 0 Å². The van der Waals surface area contributed by atoms with Gasteiger partial charge in [0, 0.05) is 18.0 Å². The van der Waals surface area contributed by atoms with Crippen LogP contribution in [0, 0.1) is 0 Å². The van der Waals surface area contributed by atoms with Crippen molar-refractivity contribution in [1.29, 1.82) is 0 Å². The number of carbonyl (C=O) groups excluding carboxylic acids is 1. The molecule has 1 fully saturated rings. The van der Waals surface area contributed by atoms with Crippen molar-refractivity contribution >= 4 is 18.2 Å². The van der Waals surface area contributed by atoms with Gasteiger partial charge in [0.1, 0.15) is 0 Å². The first kappa shape index (κ1) is 14.7. The smallest absolute Gasteiger partial charge is 0.207 e. The van der Waals surface area contributed by atoms with Gasteiger partial charge in [-0.1, -0.05) is 17.8 Å². The van der Waals surface area contributed by atoms with Crippen LogP contribution in [0.15, 0.2) is 33.7 Å². The lowest BCUT2D eigenvalue weighted by molar-refractivity contribution is -0.111. The van der Waals surface area contributed by atoms with Crippen LogP contribution in [0.4, 0.5) is 0 Å². The summed E-state index contributed by atoms with van der Waals surface area (Å²) in [6.45, 7) is 6.77. The summed E-state index contributed by atoms with van der Waals surface area (Å²) in [5, 5.41) is 4.92. The maximum atomic E-state index is 10.5. The van der Waals surface area contributed by atoms with Crippen molar-refractivity contribution in [3.8, 4) is 0 Å². The number of allylic oxidation sites excluding steroid dienone is 2. The summed E-state index contributed by atoms with van der Waals surface area (Å²) in [4.78, 5) is 14.4. The molecule has 0 aliphatic carbocycles. The molecule has 3 heterocycles. The summed E-state index contributed by atoms with van der Waals surface area (Å²) >= 11 is 1.83. The Balaban J connectivity index is 1.93. The minimum Gasteiger partial charge on any atom is -0.372 e. The molecule has 4 nitrogen and oxygen atoms in total. The van der Waals surface area contributed by atoms with Crippen molar-refractivity contribution in [1.82, 2.24) is 10.2 Å². The Morgan fingerprint density at radius 1 is 1.62 bits per heavy atom. The van der Waals surface area contributed by atoms with Crippen LogP contribution in [0.1, 0.15) is 26.7 Å². The zero-order valence-corrected chi connectivity index (χ0v) is 13.4. The lowest BCUT2D eigenvalue weighted by atomic mass is 9.84. The number of amides is 1. The number of fused-ring (bicyclic) bond motifs is 2. The van der Waals surface area contributed by atoms with E-state index < -0.39 is 0 Å². The zero-order chi connectivity index (χ0) is 14.9. The van der Waals surface area contributed by atoms with Gasteiger partial charge in [0.2, 0.25) is 6.41 Å². The number of hydrogen-bond donors (Lipinski definition) is 1. The largest absolute Gasteiger partial charge is 0.372 e. The van der Waals surface area contributed by atoms with Crippen molar-refractivity contribution in [2.45, 2.75) is 38.3 Å². The van der Waals surface area contributed by atoms with E-state index in [1.807, 2.05) is 11.8 Å². The van der Waals surface area contributed by atoms with E-state index in [-0.39, 0.29) is 5.60 Å². The van der Waals surface area contributed by atoms with E-state index in [4.69, 9.17) is 4.74 Å². The predicted molar refractivity (Wildman–Crippen MR) is 85.7 cm³/mol. The second-order valence-electron chi connectivity index (χ2n) is 5.77. The third-order valence-electron chi connectivity index (χ3n) is 4.57. The van der Waals surface area contributed by atoms with Crippen LogP contribution in [0.3, 0.4) is 0 Å². The molecule has 0 aromatic carbocycles. The molecule has 5 heteroatoms. The number of nitrogens with zero attached hydrogens (tertiary/aromatic N) is 1. The molecule has 3 rings (SSSR count). The van der Waals surface area contributed by atoms with Gasteiger partial charge in [-0.2, -0.15) is 0 Å². The molecule has 0 aromatic heterocycles. The lowest BCUT2D eigenvalue weighted by Gasteiger charge is -2.45. The second kappa shape index (κ2) is 5.89. The quantitative estimate of drug-likeness (QED) is 0.625. The summed E-state index contributed by atoms with van der Waals surface area (Å²) in [5.74, 6) is 0. The Morgan fingerprint density at radius 3 is 3.24 bits per heavy atom. The molecular weight excluding hydrogens is 284 g/mol. The number of rotatable bonds is 5. The van der Waals surface area contributed by atoms with Crippen molar-refractivity contribution < 1.29 is 9.53 Å². The van der Waals surface area contributed by atoms with E-state index in [2.05, 4.69) is 41.6 Å². The summed E-state index contributed by atoms with van der Waals surface area (Å²) in [6, 6.07) is 0.290. The fourth-order valence-corrected chi connectivity index (χ4v) is 4.62. The van der Waals surface area contributed by atoms with Crippen LogP contribution in [0.5, 0.6) is 0 Å². The molecule has 0 saturated carbocycles. The van der Waals surface area contributed by atoms with Gasteiger partial charge in [-0.3, -0.25) is 4.79 Å². The molecule has 0 aromatic rings. The molecule has 3 aliphatic rings.